The summed E-state index contributed by atoms with van der Waals surface area (Å²) in [4.78, 5) is 2.44. The molecule has 22 heavy (non-hydrogen) atoms. The highest BCUT2D eigenvalue weighted by Gasteiger charge is 2.10. The highest BCUT2D eigenvalue weighted by Crippen LogP contribution is 2.16. The molecule has 0 bridgehead atoms. The number of nitrogens with one attached hydrogen (secondary N) is 2. The Morgan fingerprint density at radius 2 is 2.00 bits per heavy atom. The number of hydrogen-bond acceptors (Lipinski definition) is 3. The van der Waals surface area contributed by atoms with Crippen molar-refractivity contribution in [2.24, 2.45) is 0 Å². The van der Waals surface area contributed by atoms with E-state index in [0.717, 1.165) is 55.4 Å². The Morgan fingerprint density at radius 3 is 2.68 bits per heavy atom. The van der Waals surface area contributed by atoms with Crippen LogP contribution >= 0.6 is 28.1 Å². The summed E-state index contributed by atoms with van der Waals surface area (Å²) in [6, 6.07) is 8.50. The Labute approximate surface area is 146 Å². The van der Waals surface area contributed by atoms with Crippen molar-refractivity contribution in [1.29, 1.82) is 0 Å². The number of morpholine rings is 1. The summed E-state index contributed by atoms with van der Waals surface area (Å²) in [5.41, 5.74) is 1.22. The lowest BCUT2D eigenvalue weighted by atomic mass is 10.1. The van der Waals surface area contributed by atoms with Gasteiger partial charge in [-0.15, -0.1) is 0 Å². The van der Waals surface area contributed by atoms with Crippen LogP contribution in [0.25, 0.3) is 0 Å². The fourth-order valence-corrected chi connectivity index (χ4v) is 2.95. The molecule has 0 unspecified atom stereocenters. The summed E-state index contributed by atoms with van der Waals surface area (Å²) < 4.78 is 6.44. The molecule has 1 saturated heterocycles. The minimum atomic E-state index is 0.201. The highest BCUT2D eigenvalue weighted by atomic mass is 79.9. The topological polar surface area (TPSA) is 36.5 Å². The first-order valence-corrected chi connectivity index (χ1v) is 8.95. The molecule has 1 atom stereocenters. The zero-order valence-corrected chi connectivity index (χ0v) is 15.4. The van der Waals surface area contributed by atoms with Crippen LogP contribution in [0.4, 0.5) is 0 Å². The molecule has 2 N–H and O–H groups in total. The van der Waals surface area contributed by atoms with Gasteiger partial charge in [0, 0.05) is 24.1 Å². The summed E-state index contributed by atoms with van der Waals surface area (Å²) in [6.45, 7) is 7.92. The average molecular weight is 386 g/mol. The predicted octanol–water partition coefficient (Wildman–Crippen LogP) is 2.70. The molecule has 2 rings (SSSR count). The van der Waals surface area contributed by atoms with Gasteiger partial charge in [-0.2, -0.15) is 0 Å². The second-order valence-electron chi connectivity index (χ2n) is 5.48. The van der Waals surface area contributed by atoms with Crippen LogP contribution in [-0.4, -0.2) is 49.4 Å². The van der Waals surface area contributed by atoms with Gasteiger partial charge in [-0.25, -0.2) is 0 Å². The van der Waals surface area contributed by atoms with Crippen molar-refractivity contribution in [3.63, 3.8) is 0 Å². The highest BCUT2D eigenvalue weighted by molar-refractivity contribution is 9.10. The molecule has 0 spiro atoms. The molecule has 4 nitrogen and oxygen atoms in total. The Hall–Kier alpha value is -0.690. The average Bonchev–Trinajstić information content (AvgIpc) is 2.53. The van der Waals surface area contributed by atoms with Crippen LogP contribution in [0.15, 0.2) is 28.7 Å². The fourth-order valence-electron chi connectivity index (χ4n) is 2.41. The van der Waals surface area contributed by atoms with E-state index in [0.29, 0.717) is 0 Å². The molecule has 0 saturated carbocycles. The Morgan fingerprint density at radius 1 is 1.32 bits per heavy atom. The van der Waals surface area contributed by atoms with Crippen molar-refractivity contribution in [2.75, 3.05) is 39.4 Å². The second-order valence-corrected chi connectivity index (χ2v) is 6.80. The Balaban J connectivity index is 1.61. The van der Waals surface area contributed by atoms with Crippen molar-refractivity contribution in [3.05, 3.63) is 34.3 Å². The van der Waals surface area contributed by atoms with E-state index >= 15 is 0 Å². The van der Waals surface area contributed by atoms with Gasteiger partial charge in [0.2, 0.25) is 0 Å². The molecule has 0 aromatic heterocycles. The van der Waals surface area contributed by atoms with Crippen LogP contribution in [0.1, 0.15) is 24.9 Å². The van der Waals surface area contributed by atoms with E-state index in [2.05, 4.69) is 50.5 Å². The fraction of sp³-hybridized carbons (Fsp3) is 0.562. The van der Waals surface area contributed by atoms with Gasteiger partial charge >= 0.3 is 0 Å². The maximum atomic E-state index is 5.36. The largest absolute Gasteiger partial charge is 0.379 e. The lowest BCUT2D eigenvalue weighted by Crippen LogP contribution is -2.40. The molecular weight excluding hydrogens is 362 g/mol. The second kappa shape index (κ2) is 9.45. The number of rotatable bonds is 6. The van der Waals surface area contributed by atoms with Crippen LogP contribution in [-0.2, 0) is 4.74 Å². The van der Waals surface area contributed by atoms with Crippen LogP contribution in [0.5, 0.6) is 0 Å². The molecule has 1 fully saturated rings. The quantitative estimate of drug-likeness (QED) is 0.581. The van der Waals surface area contributed by atoms with Crippen LogP contribution in [0.2, 0.25) is 0 Å². The standard InChI is InChI=1S/C16H24BrN3OS/c1-13(14-3-5-15(17)6-4-14)19-16(22)18-7-2-8-20-9-11-21-12-10-20/h3-6,13H,2,7-12H2,1H3,(H2,18,19,22)/t13-/m1/s1. The monoisotopic (exact) mass is 385 g/mol. The number of nitrogens with zero attached hydrogens (tertiary/aromatic N) is 1. The van der Waals surface area contributed by atoms with Gasteiger partial charge in [-0.1, -0.05) is 28.1 Å². The van der Waals surface area contributed by atoms with Crippen LogP contribution in [0.3, 0.4) is 0 Å². The van der Waals surface area contributed by atoms with E-state index in [-0.39, 0.29) is 6.04 Å². The van der Waals surface area contributed by atoms with Crippen molar-refractivity contribution in [2.45, 2.75) is 19.4 Å². The number of hydrogen-bond donors (Lipinski definition) is 2. The van der Waals surface area contributed by atoms with E-state index < -0.39 is 0 Å². The summed E-state index contributed by atoms with van der Waals surface area (Å²) >= 11 is 8.81. The molecule has 122 valence electrons. The normalized spacial score (nSPS) is 17.0. The molecule has 1 aromatic rings. The Bertz CT molecular complexity index is 463. The smallest absolute Gasteiger partial charge is 0.166 e. The van der Waals surface area contributed by atoms with Gasteiger partial charge < -0.3 is 15.4 Å². The van der Waals surface area contributed by atoms with Gasteiger partial charge in [-0.3, -0.25) is 4.90 Å². The van der Waals surface area contributed by atoms with E-state index in [1.807, 2.05) is 12.1 Å². The molecular formula is C16H24BrN3OS. The van der Waals surface area contributed by atoms with E-state index in [9.17, 15) is 0 Å². The third-order valence-electron chi connectivity index (χ3n) is 3.76. The minimum Gasteiger partial charge on any atom is -0.379 e. The first-order chi connectivity index (χ1) is 10.6. The number of benzene rings is 1. The van der Waals surface area contributed by atoms with Gasteiger partial charge in [0.1, 0.15) is 0 Å². The molecule has 1 heterocycles. The zero-order chi connectivity index (χ0) is 15.8. The minimum absolute atomic E-state index is 0.201. The number of thiocarbonyl (C=S) groups is 1. The van der Waals surface area contributed by atoms with Crippen molar-refractivity contribution in [3.8, 4) is 0 Å². The van der Waals surface area contributed by atoms with E-state index in [4.69, 9.17) is 17.0 Å². The summed E-state index contributed by atoms with van der Waals surface area (Å²) in [6.07, 6.45) is 1.09. The first kappa shape index (κ1) is 17.7. The molecule has 1 aliphatic heterocycles. The summed E-state index contributed by atoms with van der Waals surface area (Å²) in [7, 11) is 0. The zero-order valence-electron chi connectivity index (χ0n) is 13.0. The molecule has 1 aromatic carbocycles. The molecule has 0 radical (unpaired) electrons. The third kappa shape index (κ3) is 6.20. The first-order valence-electron chi connectivity index (χ1n) is 7.75. The Kier molecular flexibility index (Phi) is 7.59. The van der Waals surface area contributed by atoms with Gasteiger partial charge in [0.25, 0.3) is 0 Å². The lowest BCUT2D eigenvalue weighted by molar-refractivity contribution is 0.0376. The molecule has 0 amide bonds. The molecule has 1 aliphatic rings. The maximum Gasteiger partial charge on any atom is 0.166 e. The molecule has 0 aliphatic carbocycles. The van der Waals surface area contributed by atoms with Gasteiger partial charge in [-0.05, 0) is 49.8 Å². The van der Waals surface area contributed by atoms with Crippen molar-refractivity contribution < 1.29 is 4.74 Å². The molecule has 6 heteroatoms. The number of ether oxygens (including phenoxy) is 1. The maximum absolute atomic E-state index is 5.36. The van der Waals surface area contributed by atoms with E-state index in [1.165, 1.54) is 5.56 Å². The third-order valence-corrected chi connectivity index (χ3v) is 4.55. The summed E-state index contributed by atoms with van der Waals surface area (Å²) in [5.74, 6) is 0. The van der Waals surface area contributed by atoms with Crippen molar-refractivity contribution >= 4 is 33.3 Å². The predicted molar refractivity (Wildman–Crippen MR) is 98.2 cm³/mol. The van der Waals surface area contributed by atoms with Crippen molar-refractivity contribution in [1.82, 2.24) is 15.5 Å². The van der Waals surface area contributed by atoms with E-state index in [1.54, 1.807) is 0 Å². The SMILES string of the molecule is C[C@@H](NC(=S)NCCCN1CCOCC1)c1ccc(Br)cc1. The van der Waals surface area contributed by atoms with Gasteiger partial charge in [0.15, 0.2) is 5.11 Å². The summed E-state index contributed by atoms with van der Waals surface area (Å²) in [5, 5.41) is 7.33. The number of halogens is 1. The lowest BCUT2D eigenvalue weighted by Gasteiger charge is -2.26. The van der Waals surface area contributed by atoms with Crippen LogP contribution in [0, 0.1) is 0 Å². The van der Waals surface area contributed by atoms with Gasteiger partial charge in [0.05, 0.1) is 19.3 Å². The van der Waals surface area contributed by atoms with Crippen LogP contribution < -0.4 is 10.6 Å².